The number of amides is 1. The molecular formula is C12H23NO3. The molecule has 0 aromatic carbocycles. The normalized spacial score (nSPS) is 12.7. The van der Waals surface area contributed by atoms with Gasteiger partial charge in [-0.3, -0.25) is 4.79 Å². The molecule has 4 heteroatoms. The molecule has 0 spiro atoms. The highest BCUT2D eigenvalue weighted by Gasteiger charge is 2.22. The average Bonchev–Trinajstić information content (AvgIpc) is 2.13. The highest BCUT2D eigenvalue weighted by Crippen LogP contribution is 2.07. The van der Waals surface area contributed by atoms with Gasteiger partial charge in [0.1, 0.15) is 6.04 Å². The molecule has 16 heavy (non-hydrogen) atoms. The van der Waals surface area contributed by atoms with Crippen LogP contribution in [0.3, 0.4) is 0 Å². The number of rotatable bonds is 6. The molecule has 0 fully saturated rings. The van der Waals surface area contributed by atoms with Gasteiger partial charge >= 0.3 is 5.97 Å². The van der Waals surface area contributed by atoms with Crippen LogP contribution in [0.25, 0.3) is 0 Å². The summed E-state index contributed by atoms with van der Waals surface area (Å²) in [5, 5.41) is 2.72. The third-order valence-electron chi connectivity index (χ3n) is 2.12. The van der Waals surface area contributed by atoms with E-state index in [9.17, 15) is 9.59 Å². The van der Waals surface area contributed by atoms with Crippen LogP contribution in [-0.2, 0) is 14.3 Å². The highest BCUT2D eigenvalue weighted by molar-refractivity contribution is 5.84. The van der Waals surface area contributed by atoms with Crippen molar-refractivity contribution in [2.45, 2.75) is 46.6 Å². The van der Waals surface area contributed by atoms with Gasteiger partial charge in [-0.25, -0.2) is 4.79 Å². The largest absolute Gasteiger partial charge is 0.467 e. The molecule has 0 aromatic heterocycles. The van der Waals surface area contributed by atoms with Crippen LogP contribution in [0.2, 0.25) is 0 Å². The summed E-state index contributed by atoms with van der Waals surface area (Å²) in [5.41, 5.74) is 0. The molecule has 0 aliphatic rings. The van der Waals surface area contributed by atoms with E-state index in [1.807, 2.05) is 27.7 Å². The zero-order chi connectivity index (χ0) is 12.7. The van der Waals surface area contributed by atoms with Crippen molar-refractivity contribution in [1.29, 1.82) is 0 Å². The maximum absolute atomic E-state index is 11.5. The molecule has 0 bridgehead atoms. The second-order valence-electron chi connectivity index (χ2n) is 4.87. The molecule has 1 atom stereocenters. The lowest BCUT2D eigenvalue weighted by Crippen LogP contribution is -2.42. The van der Waals surface area contributed by atoms with Gasteiger partial charge in [-0.15, -0.1) is 0 Å². The zero-order valence-electron chi connectivity index (χ0n) is 10.9. The molecule has 0 aromatic rings. The van der Waals surface area contributed by atoms with Crippen molar-refractivity contribution in [2.75, 3.05) is 7.11 Å². The van der Waals surface area contributed by atoms with Crippen molar-refractivity contribution < 1.29 is 14.3 Å². The molecule has 0 aliphatic heterocycles. The Labute approximate surface area is 97.7 Å². The van der Waals surface area contributed by atoms with Crippen molar-refractivity contribution >= 4 is 11.9 Å². The lowest BCUT2D eigenvalue weighted by molar-refractivity contribution is -0.145. The van der Waals surface area contributed by atoms with Crippen molar-refractivity contribution in [3.63, 3.8) is 0 Å². The third-order valence-corrected chi connectivity index (χ3v) is 2.12. The minimum absolute atomic E-state index is 0.0916. The predicted octanol–water partition coefficient (Wildman–Crippen LogP) is 1.74. The Morgan fingerprint density at radius 3 is 2.06 bits per heavy atom. The summed E-state index contributed by atoms with van der Waals surface area (Å²) in [7, 11) is 1.34. The molecule has 94 valence electrons. The van der Waals surface area contributed by atoms with Gasteiger partial charge in [0.05, 0.1) is 7.11 Å². The van der Waals surface area contributed by atoms with Crippen molar-refractivity contribution in [1.82, 2.24) is 5.32 Å². The van der Waals surface area contributed by atoms with Crippen LogP contribution in [0.4, 0.5) is 0 Å². The number of hydrogen-bond donors (Lipinski definition) is 1. The van der Waals surface area contributed by atoms with Crippen molar-refractivity contribution in [3.05, 3.63) is 0 Å². The third kappa shape index (κ3) is 6.43. The molecule has 0 rings (SSSR count). The maximum atomic E-state index is 11.5. The quantitative estimate of drug-likeness (QED) is 0.706. The highest BCUT2D eigenvalue weighted by atomic mass is 16.5. The van der Waals surface area contributed by atoms with Gasteiger partial charge < -0.3 is 10.1 Å². The SMILES string of the molecule is COC(=O)[C@H](CC(C)C)NC(=O)CC(C)C. The summed E-state index contributed by atoms with van der Waals surface area (Å²) in [4.78, 5) is 23.0. The van der Waals surface area contributed by atoms with Gasteiger partial charge in [0.25, 0.3) is 0 Å². The fourth-order valence-electron chi connectivity index (χ4n) is 1.45. The van der Waals surface area contributed by atoms with Gasteiger partial charge in [-0.05, 0) is 18.3 Å². The number of methoxy groups -OCH3 is 1. The van der Waals surface area contributed by atoms with E-state index in [1.165, 1.54) is 7.11 Å². The van der Waals surface area contributed by atoms with Gasteiger partial charge in [-0.2, -0.15) is 0 Å². The average molecular weight is 229 g/mol. The second-order valence-corrected chi connectivity index (χ2v) is 4.87. The Kier molecular flexibility index (Phi) is 6.77. The van der Waals surface area contributed by atoms with E-state index in [2.05, 4.69) is 10.1 Å². The lowest BCUT2D eigenvalue weighted by atomic mass is 10.0. The number of ether oxygens (including phenoxy) is 1. The van der Waals surface area contributed by atoms with E-state index in [1.54, 1.807) is 0 Å². The number of nitrogens with one attached hydrogen (secondary N) is 1. The van der Waals surface area contributed by atoms with E-state index in [4.69, 9.17) is 0 Å². The maximum Gasteiger partial charge on any atom is 0.328 e. The van der Waals surface area contributed by atoms with E-state index in [0.29, 0.717) is 18.8 Å². The van der Waals surface area contributed by atoms with Crippen LogP contribution in [0, 0.1) is 11.8 Å². The van der Waals surface area contributed by atoms with Gasteiger partial charge in [0.15, 0.2) is 0 Å². The van der Waals surface area contributed by atoms with Gasteiger partial charge in [0.2, 0.25) is 5.91 Å². The molecule has 1 amide bonds. The van der Waals surface area contributed by atoms with Gasteiger partial charge in [-0.1, -0.05) is 27.7 Å². The summed E-state index contributed by atoms with van der Waals surface area (Å²) in [6.45, 7) is 7.94. The Balaban J connectivity index is 4.31. The smallest absolute Gasteiger partial charge is 0.328 e. The fraction of sp³-hybridized carbons (Fsp3) is 0.833. The minimum atomic E-state index is -0.517. The predicted molar refractivity (Wildman–Crippen MR) is 62.9 cm³/mol. The van der Waals surface area contributed by atoms with Crippen LogP contribution in [0.1, 0.15) is 40.5 Å². The first kappa shape index (κ1) is 14.9. The number of carbonyl (C=O) groups is 2. The van der Waals surface area contributed by atoms with Crippen LogP contribution in [0.15, 0.2) is 0 Å². The molecule has 0 radical (unpaired) electrons. The van der Waals surface area contributed by atoms with E-state index < -0.39 is 6.04 Å². The Hall–Kier alpha value is -1.06. The molecule has 0 heterocycles. The fourth-order valence-corrected chi connectivity index (χ4v) is 1.45. The monoisotopic (exact) mass is 229 g/mol. The van der Waals surface area contributed by atoms with Crippen molar-refractivity contribution in [2.24, 2.45) is 11.8 Å². The summed E-state index contributed by atoms with van der Waals surface area (Å²) in [6.07, 6.45) is 1.04. The summed E-state index contributed by atoms with van der Waals surface area (Å²) in [5.74, 6) is 0.164. The molecular weight excluding hydrogens is 206 g/mol. The second kappa shape index (κ2) is 7.25. The summed E-state index contributed by atoms with van der Waals surface area (Å²) in [6, 6.07) is -0.517. The molecule has 0 unspecified atom stereocenters. The minimum Gasteiger partial charge on any atom is -0.467 e. The first-order valence-corrected chi connectivity index (χ1v) is 5.74. The van der Waals surface area contributed by atoms with Crippen molar-refractivity contribution in [3.8, 4) is 0 Å². The summed E-state index contributed by atoms with van der Waals surface area (Å²) >= 11 is 0. The molecule has 0 saturated carbocycles. The first-order valence-electron chi connectivity index (χ1n) is 5.74. The number of esters is 1. The first-order chi connectivity index (χ1) is 7.36. The van der Waals surface area contributed by atoms with E-state index in [-0.39, 0.29) is 17.8 Å². The number of carbonyl (C=O) groups excluding carboxylic acids is 2. The van der Waals surface area contributed by atoms with E-state index >= 15 is 0 Å². The molecule has 0 aliphatic carbocycles. The molecule has 0 saturated heterocycles. The standard InChI is InChI=1S/C12H23NO3/c1-8(2)6-10(12(15)16-5)13-11(14)7-9(3)4/h8-10H,6-7H2,1-5H3,(H,13,14)/t10-/m0/s1. The number of hydrogen-bond acceptors (Lipinski definition) is 3. The Morgan fingerprint density at radius 2 is 1.69 bits per heavy atom. The van der Waals surface area contributed by atoms with Crippen LogP contribution >= 0.6 is 0 Å². The molecule has 1 N–H and O–H groups in total. The lowest BCUT2D eigenvalue weighted by Gasteiger charge is -2.18. The molecule has 4 nitrogen and oxygen atoms in total. The van der Waals surface area contributed by atoms with Crippen LogP contribution < -0.4 is 5.32 Å². The van der Waals surface area contributed by atoms with Crippen LogP contribution in [-0.4, -0.2) is 25.0 Å². The zero-order valence-corrected chi connectivity index (χ0v) is 10.9. The Morgan fingerprint density at radius 1 is 1.12 bits per heavy atom. The van der Waals surface area contributed by atoms with Crippen LogP contribution in [0.5, 0.6) is 0 Å². The van der Waals surface area contributed by atoms with Gasteiger partial charge in [0, 0.05) is 6.42 Å². The topological polar surface area (TPSA) is 55.4 Å². The van der Waals surface area contributed by atoms with E-state index in [0.717, 1.165) is 0 Å². The Bertz CT molecular complexity index is 236. The summed E-state index contributed by atoms with van der Waals surface area (Å²) < 4.78 is 4.67.